The summed E-state index contributed by atoms with van der Waals surface area (Å²) in [7, 11) is -0.513. The van der Waals surface area contributed by atoms with E-state index < -0.39 is 10.0 Å². The summed E-state index contributed by atoms with van der Waals surface area (Å²) in [4.78, 5) is 0.174. The smallest absolute Gasteiger partial charge is 0.246 e. The number of sulfonamides is 1. The van der Waals surface area contributed by atoms with Gasteiger partial charge in [0.25, 0.3) is 0 Å². The van der Waals surface area contributed by atoms with Crippen molar-refractivity contribution in [3.63, 3.8) is 0 Å². The Morgan fingerprint density at radius 1 is 1.30 bits per heavy atom. The third kappa shape index (κ3) is 3.45. The van der Waals surface area contributed by atoms with E-state index in [0.29, 0.717) is 5.75 Å². The number of methoxy groups -OCH3 is 1. The van der Waals surface area contributed by atoms with Gasteiger partial charge in [0.1, 0.15) is 10.6 Å². The second-order valence-corrected chi connectivity index (χ2v) is 6.84. The van der Waals surface area contributed by atoms with E-state index in [9.17, 15) is 8.42 Å². The number of halogens is 1. The van der Waals surface area contributed by atoms with Crippen molar-refractivity contribution in [3.05, 3.63) is 23.8 Å². The Bertz CT molecular complexity index is 541. The maximum atomic E-state index is 12.7. The predicted molar refractivity (Wildman–Crippen MR) is 81.9 cm³/mol. The monoisotopic (exact) mass is 319 g/mol. The molecule has 0 amide bonds. The number of rotatable bonds is 7. The van der Waals surface area contributed by atoms with E-state index in [-0.39, 0.29) is 16.8 Å². The molecule has 0 saturated heterocycles. The Balaban J connectivity index is 3.33. The molecule has 0 N–H and O–H groups in total. The van der Waals surface area contributed by atoms with Gasteiger partial charge in [-0.2, -0.15) is 4.31 Å². The molecule has 0 aliphatic carbocycles. The molecular formula is C14H22ClNO3S. The van der Waals surface area contributed by atoms with Gasteiger partial charge in [-0.15, -0.1) is 11.6 Å². The number of alkyl halides is 1. The molecule has 6 heteroatoms. The standard InChI is InChI=1S/C14H22ClNO3S/c1-5-12(6-2)16(3)20(17,18)14-9-11(10-15)7-8-13(14)19-4/h7-9,12H,5-6,10H2,1-4H3. The van der Waals surface area contributed by atoms with Crippen molar-refractivity contribution in [1.82, 2.24) is 4.31 Å². The first kappa shape index (κ1) is 17.3. The third-order valence-electron chi connectivity index (χ3n) is 3.50. The molecule has 114 valence electrons. The summed E-state index contributed by atoms with van der Waals surface area (Å²) in [6.45, 7) is 3.96. The molecule has 0 fully saturated rings. The zero-order valence-electron chi connectivity index (χ0n) is 12.4. The molecule has 0 unspecified atom stereocenters. The normalized spacial score (nSPS) is 12.2. The SMILES string of the molecule is CCC(CC)N(C)S(=O)(=O)c1cc(CCl)ccc1OC. The molecule has 20 heavy (non-hydrogen) atoms. The molecule has 0 aliphatic heterocycles. The van der Waals surface area contributed by atoms with Gasteiger partial charge in [-0.05, 0) is 30.5 Å². The lowest BCUT2D eigenvalue weighted by molar-refractivity contribution is 0.345. The van der Waals surface area contributed by atoms with Crippen molar-refractivity contribution >= 4 is 21.6 Å². The van der Waals surface area contributed by atoms with Gasteiger partial charge in [-0.1, -0.05) is 19.9 Å². The zero-order valence-corrected chi connectivity index (χ0v) is 14.0. The largest absolute Gasteiger partial charge is 0.495 e. The third-order valence-corrected chi connectivity index (χ3v) is 5.74. The van der Waals surface area contributed by atoms with Crippen molar-refractivity contribution in [2.45, 2.75) is 43.5 Å². The minimum absolute atomic E-state index is 0.0237. The van der Waals surface area contributed by atoms with Crippen LogP contribution in [0.5, 0.6) is 5.75 Å². The molecule has 1 rings (SSSR count). The van der Waals surface area contributed by atoms with Crippen LogP contribution in [-0.4, -0.2) is 32.9 Å². The Hall–Kier alpha value is -0.780. The van der Waals surface area contributed by atoms with Gasteiger partial charge in [-0.25, -0.2) is 8.42 Å². The summed E-state index contributed by atoms with van der Waals surface area (Å²) in [5, 5.41) is 0. The molecular weight excluding hydrogens is 298 g/mol. The first-order valence-electron chi connectivity index (χ1n) is 6.63. The van der Waals surface area contributed by atoms with E-state index in [1.807, 2.05) is 13.8 Å². The van der Waals surface area contributed by atoms with Crippen LogP contribution < -0.4 is 4.74 Å². The highest BCUT2D eigenvalue weighted by molar-refractivity contribution is 7.89. The van der Waals surface area contributed by atoms with Gasteiger partial charge < -0.3 is 4.74 Å². The zero-order chi connectivity index (χ0) is 15.3. The lowest BCUT2D eigenvalue weighted by Crippen LogP contribution is -2.36. The van der Waals surface area contributed by atoms with Crippen molar-refractivity contribution in [3.8, 4) is 5.75 Å². The quantitative estimate of drug-likeness (QED) is 0.725. The van der Waals surface area contributed by atoms with Gasteiger partial charge in [-0.3, -0.25) is 0 Å². The van der Waals surface area contributed by atoms with Crippen LogP contribution in [0.2, 0.25) is 0 Å². The van der Waals surface area contributed by atoms with Crippen molar-refractivity contribution < 1.29 is 13.2 Å². The highest BCUT2D eigenvalue weighted by Gasteiger charge is 2.29. The van der Waals surface area contributed by atoms with Crippen LogP contribution in [0.4, 0.5) is 0 Å². The lowest BCUT2D eigenvalue weighted by atomic mass is 10.2. The summed E-state index contributed by atoms with van der Waals surface area (Å²) >= 11 is 5.79. The molecule has 0 atom stereocenters. The van der Waals surface area contributed by atoms with Crippen molar-refractivity contribution in [2.24, 2.45) is 0 Å². The van der Waals surface area contributed by atoms with Crippen LogP contribution >= 0.6 is 11.6 Å². The first-order chi connectivity index (χ1) is 9.42. The maximum Gasteiger partial charge on any atom is 0.246 e. The topological polar surface area (TPSA) is 46.6 Å². The highest BCUT2D eigenvalue weighted by atomic mass is 35.5. The Morgan fingerprint density at radius 3 is 2.35 bits per heavy atom. The Kier molecular flexibility index (Phi) is 6.30. The lowest BCUT2D eigenvalue weighted by Gasteiger charge is -2.26. The number of hydrogen-bond donors (Lipinski definition) is 0. The van der Waals surface area contributed by atoms with E-state index >= 15 is 0 Å². The van der Waals surface area contributed by atoms with Gasteiger partial charge in [0, 0.05) is 19.0 Å². The van der Waals surface area contributed by atoms with E-state index in [1.54, 1.807) is 25.2 Å². The van der Waals surface area contributed by atoms with E-state index in [1.165, 1.54) is 11.4 Å². The molecule has 0 aliphatic rings. The van der Waals surface area contributed by atoms with E-state index in [2.05, 4.69) is 0 Å². The molecule has 0 heterocycles. The second-order valence-electron chi connectivity index (χ2n) is 4.61. The van der Waals surface area contributed by atoms with Crippen LogP contribution in [0.15, 0.2) is 23.1 Å². The Morgan fingerprint density at radius 2 is 1.90 bits per heavy atom. The number of ether oxygens (including phenoxy) is 1. The molecule has 1 aromatic carbocycles. The summed E-state index contributed by atoms with van der Waals surface area (Å²) in [5.41, 5.74) is 0.754. The molecule has 1 aromatic rings. The van der Waals surface area contributed by atoms with Crippen LogP contribution in [-0.2, 0) is 15.9 Å². The van der Waals surface area contributed by atoms with Crippen LogP contribution in [0.1, 0.15) is 32.3 Å². The van der Waals surface area contributed by atoms with E-state index in [4.69, 9.17) is 16.3 Å². The van der Waals surface area contributed by atoms with Gasteiger partial charge in [0.2, 0.25) is 10.0 Å². The summed E-state index contributed by atoms with van der Waals surface area (Å²) in [5.74, 6) is 0.609. The van der Waals surface area contributed by atoms with Gasteiger partial charge in [0.15, 0.2) is 0 Å². The summed E-state index contributed by atoms with van der Waals surface area (Å²) < 4.78 is 32.1. The van der Waals surface area contributed by atoms with Crippen LogP contribution in [0.25, 0.3) is 0 Å². The predicted octanol–water partition coefficient (Wildman–Crippen LogP) is 3.24. The fourth-order valence-electron chi connectivity index (χ4n) is 2.16. The molecule has 0 saturated carbocycles. The number of hydrogen-bond acceptors (Lipinski definition) is 3. The minimum atomic E-state index is -3.59. The highest BCUT2D eigenvalue weighted by Crippen LogP contribution is 2.29. The van der Waals surface area contributed by atoms with Gasteiger partial charge in [0.05, 0.1) is 7.11 Å². The van der Waals surface area contributed by atoms with Gasteiger partial charge >= 0.3 is 0 Å². The summed E-state index contributed by atoms with van der Waals surface area (Å²) in [6, 6.07) is 4.97. The molecule has 4 nitrogen and oxygen atoms in total. The minimum Gasteiger partial charge on any atom is -0.495 e. The molecule has 0 bridgehead atoms. The molecule has 0 radical (unpaired) electrons. The number of nitrogens with zero attached hydrogens (tertiary/aromatic N) is 1. The van der Waals surface area contributed by atoms with E-state index in [0.717, 1.165) is 18.4 Å². The molecule has 0 spiro atoms. The van der Waals surface area contributed by atoms with Crippen molar-refractivity contribution in [1.29, 1.82) is 0 Å². The van der Waals surface area contributed by atoms with Crippen LogP contribution in [0.3, 0.4) is 0 Å². The first-order valence-corrected chi connectivity index (χ1v) is 8.60. The second kappa shape index (κ2) is 7.29. The average molecular weight is 320 g/mol. The van der Waals surface area contributed by atoms with Crippen LogP contribution in [0, 0.1) is 0 Å². The average Bonchev–Trinajstić information content (AvgIpc) is 2.47. The fraction of sp³-hybridized carbons (Fsp3) is 0.571. The number of benzene rings is 1. The fourth-order valence-corrected chi connectivity index (χ4v) is 4.03. The molecule has 0 aromatic heterocycles. The summed E-state index contributed by atoms with van der Waals surface area (Å²) in [6.07, 6.45) is 1.54. The maximum absolute atomic E-state index is 12.7. The van der Waals surface area contributed by atoms with Crippen molar-refractivity contribution in [2.75, 3.05) is 14.2 Å². The Labute approximate surface area is 126 Å².